The summed E-state index contributed by atoms with van der Waals surface area (Å²) in [4.78, 5) is 29.5. The number of pyridine rings is 1. The van der Waals surface area contributed by atoms with E-state index in [0.717, 1.165) is 24.8 Å². The van der Waals surface area contributed by atoms with E-state index in [-0.39, 0.29) is 22.6 Å². The molecule has 1 aromatic rings. The molecule has 1 unspecified atom stereocenters. The van der Waals surface area contributed by atoms with Gasteiger partial charge in [0.05, 0.1) is 18.8 Å². The van der Waals surface area contributed by atoms with Crippen LogP contribution in [0.3, 0.4) is 0 Å². The van der Waals surface area contributed by atoms with E-state index in [1.54, 1.807) is 12.3 Å². The minimum absolute atomic E-state index is 0.163. The molecule has 1 aliphatic heterocycles. The summed E-state index contributed by atoms with van der Waals surface area (Å²) in [6.45, 7) is 5.75. The lowest BCUT2D eigenvalue weighted by molar-refractivity contribution is -0.0548. The number of nitrogens with one attached hydrogen (secondary N) is 1. The molecule has 5 heteroatoms. The van der Waals surface area contributed by atoms with Crippen molar-refractivity contribution in [3.05, 3.63) is 33.7 Å². The van der Waals surface area contributed by atoms with Crippen LogP contribution in [0.1, 0.15) is 42.6 Å². The smallest absolute Gasteiger partial charge is 0.260 e. The molecule has 2 fully saturated rings. The Morgan fingerprint density at radius 2 is 2.29 bits per heavy atom. The van der Waals surface area contributed by atoms with Crippen molar-refractivity contribution in [3.63, 3.8) is 0 Å². The van der Waals surface area contributed by atoms with Crippen molar-refractivity contribution in [2.45, 2.75) is 38.6 Å². The average Bonchev–Trinajstić information content (AvgIpc) is 3.33. The molecule has 1 aliphatic carbocycles. The zero-order chi connectivity index (χ0) is 15.0. The van der Waals surface area contributed by atoms with Crippen molar-refractivity contribution in [1.82, 2.24) is 9.88 Å². The number of morpholine rings is 1. The fourth-order valence-corrected chi connectivity index (χ4v) is 3.18. The van der Waals surface area contributed by atoms with Gasteiger partial charge in [0.1, 0.15) is 5.56 Å². The third-order valence-corrected chi connectivity index (χ3v) is 4.77. The number of carbonyl (C=O) groups is 1. The fraction of sp³-hybridized carbons (Fsp3) is 0.625. The molecule has 5 nitrogen and oxygen atoms in total. The molecule has 0 radical (unpaired) electrons. The lowest BCUT2D eigenvalue weighted by Gasteiger charge is -2.45. The number of amides is 1. The molecule has 3 rings (SSSR count). The molecule has 2 aliphatic rings. The summed E-state index contributed by atoms with van der Waals surface area (Å²) in [7, 11) is 0. The Hall–Kier alpha value is -1.62. The zero-order valence-corrected chi connectivity index (χ0v) is 12.6. The SMILES string of the molecule is CCc1c[nH]c(=O)c(C(=O)N2CCOCC2(C)C2CC2)c1. The average molecular weight is 290 g/mol. The number of H-pyrrole nitrogens is 1. The molecule has 1 atom stereocenters. The number of hydrogen-bond acceptors (Lipinski definition) is 3. The maximum absolute atomic E-state index is 12.9. The zero-order valence-electron chi connectivity index (χ0n) is 12.6. The Morgan fingerprint density at radius 1 is 1.52 bits per heavy atom. The quantitative estimate of drug-likeness (QED) is 0.919. The van der Waals surface area contributed by atoms with E-state index in [0.29, 0.717) is 25.7 Å². The van der Waals surface area contributed by atoms with Crippen LogP contribution in [0.15, 0.2) is 17.1 Å². The van der Waals surface area contributed by atoms with Crippen LogP contribution in [-0.2, 0) is 11.2 Å². The number of hydrogen-bond donors (Lipinski definition) is 1. The maximum atomic E-state index is 12.9. The number of aryl methyl sites for hydroxylation is 1. The Balaban J connectivity index is 1.94. The Kier molecular flexibility index (Phi) is 3.61. The fourth-order valence-electron chi connectivity index (χ4n) is 3.18. The molecule has 1 amide bonds. The van der Waals surface area contributed by atoms with Crippen molar-refractivity contribution in [2.75, 3.05) is 19.8 Å². The van der Waals surface area contributed by atoms with Gasteiger partial charge in [0.2, 0.25) is 0 Å². The van der Waals surface area contributed by atoms with Gasteiger partial charge in [-0.05, 0) is 43.7 Å². The maximum Gasteiger partial charge on any atom is 0.260 e. The molecule has 1 N–H and O–H groups in total. The van der Waals surface area contributed by atoms with Gasteiger partial charge in [-0.15, -0.1) is 0 Å². The van der Waals surface area contributed by atoms with Crippen LogP contribution in [0.25, 0.3) is 0 Å². The normalized spacial score (nSPS) is 25.9. The number of rotatable bonds is 3. The summed E-state index contributed by atoms with van der Waals surface area (Å²) in [5, 5.41) is 0. The van der Waals surface area contributed by atoms with E-state index in [2.05, 4.69) is 11.9 Å². The predicted molar refractivity (Wildman–Crippen MR) is 79.4 cm³/mol. The molecule has 0 aromatic carbocycles. The minimum atomic E-state index is -0.304. The number of aromatic nitrogens is 1. The van der Waals surface area contributed by atoms with Crippen LogP contribution >= 0.6 is 0 Å². The summed E-state index contributed by atoms with van der Waals surface area (Å²) in [6, 6.07) is 1.73. The van der Waals surface area contributed by atoms with Crippen LogP contribution in [0.4, 0.5) is 0 Å². The number of aromatic amines is 1. The topological polar surface area (TPSA) is 62.4 Å². The third-order valence-electron chi connectivity index (χ3n) is 4.77. The number of ether oxygens (including phenoxy) is 1. The van der Waals surface area contributed by atoms with Crippen LogP contribution < -0.4 is 5.56 Å². The first kappa shape index (κ1) is 14.3. The first-order chi connectivity index (χ1) is 10.1. The van der Waals surface area contributed by atoms with Crippen molar-refractivity contribution in [2.24, 2.45) is 5.92 Å². The molecular formula is C16H22N2O3. The van der Waals surface area contributed by atoms with Gasteiger partial charge in [-0.2, -0.15) is 0 Å². The second-order valence-corrected chi connectivity index (χ2v) is 6.25. The monoisotopic (exact) mass is 290 g/mol. The molecule has 114 valence electrons. The van der Waals surface area contributed by atoms with E-state index in [1.165, 1.54) is 0 Å². The molecule has 0 bridgehead atoms. The first-order valence-electron chi connectivity index (χ1n) is 7.67. The second kappa shape index (κ2) is 5.30. The largest absolute Gasteiger partial charge is 0.377 e. The lowest BCUT2D eigenvalue weighted by Crippen LogP contribution is -2.59. The lowest BCUT2D eigenvalue weighted by atomic mass is 9.92. The molecule has 1 saturated heterocycles. The van der Waals surface area contributed by atoms with E-state index < -0.39 is 0 Å². The van der Waals surface area contributed by atoms with Crippen molar-refractivity contribution in [3.8, 4) is 0 Å². The van der Waals surface area contributed by atoms with Crippen molar-refractivity contribution < 1.29 is 9.53 Å². The summed E-state index contributed by atoms with van der Waals surface area (Å²) < 4.78 is 5.60. The van der Waals surface area contributed by atoms with Gasteiger partial charge in [-0.3, -0.25) is 9.59 Å². The molecule has 21 heavy (non-hydrogen) atoms. The third kappa shape index (κ3) is 2.50. The van der Waals surface area contributed by atoms with Crippen LogP contribution in [-0.4, -0.2) is 41.1 Å². The number of carbonyl (C=O) groups excluding carboxylic acids is 1. The highest BCUT2D eigenvalue weighted by Gasteiger charge is 2.49. The second-order valence-electron chi connectivity index (χ2n) is 6.25. The summed E-state index contributed by atoms with van der Waals surface area (Å²) in [6.07, 6.45) is 4.74. The highest BCUT2D eigenvalue weighted by Crippen LogP contribution is 2.44. The Morgan fingerprint density at radius 3 is 2.95 bits per heavy atom. The van der Waals surface area contributed by atoms with E-state index in [4.69, 9.17) is 4.74 Å². The Labute approximate surface area is 124 Å². The van der Waals surface area contributed by atoms with Gasteiger partial charge in [0, 0.05) is 12.7 Å². The molecule has 1 saturated carbocycles. The first-order valence-corrected chi connectivity index (χ1v) is 7.67. The molecule has 1 aromatic heterocycles. The van der Waals surface area contributed by atoms with Crippen molar-refractivity contribution in [1.29, 1.82) is 0 Å². The van der Waals surface area contributed by atoms with Crippen LogP contribution in [0.5, 0.6) is 0 Å². The highest BCUT2D eigenvalue weighted by atomic mass is 16.5. The van der Waals surface area contributed by atoms with Crippen LogP contribution in [0, 0.1) is 5.92 Å². The summed E-state index contributed by atoms with van der Waals surface area (Å²) >= 11 is 0. The highest BCUT2D eigenvalue weighted by molar-refractivity contribution is 5.94. The van der Waals surface area contributed by atoms with Crippen LogP contribution in [0.2, 0.25) is 0 Å². The van der Waals surface area contributed by atoms with Gasteiger partial charge in [0.25, 0.3) is 11.5 Å². The molecular weight excluding hydrogens is 268 g/mol. The Bertz CT molecular complexity index is 606. The van der Waals surface area contributed by atoms with Crippen molar-refractivity contribution >= 4 is 5.91 Å². The van der Waals surface area contributed by atoms with Gasteiger partial charge in [-0.1, -0.05) is 6.92 Å². The standard InChI is InChI=1S/C16H22N2O3/c1-3-11-8-13(14(19)17-9-11)15(20)18-6-7-21-10-16(18,2)12-4-5-12/h8-9,12H,3-7,10H2,1-2H3,(H,17,19). The summed E-state index contributed by atoms with van der Waals surface area (Å²) in [5.74, 6) is 0.333. The van der Waals surface area contributed by atoms with E-state index in [1.807, 2.05) is 11.8 Å². The van der Waals surface area contributed by atoms with Gasteiger partial charge >= 0.3 is 0 Å². The van der Waals surface area contributed by atoms with E-state index >= 15 is 0 Å². The van der Waals surface area contributed by atoms with Gasteiger partial charge < -0.3 is 14.6 Å². The number of nitrogens with zero attached hydrogens (tertiary/aromatic N) is 1. The predicted octanol–water partition coefficient (Wildman–Crippen LogP) is 1.58. The summed E-state index contributed by atoms with van der Waals surface area (Å²) in [5.41, 5.74) is 0.647. The van der Waals surface area contributed by atoms with Gasteiger partial charge in [-0.25, -0.2) is 0 Å². The molecule has 0 spiro atoms. The minimum Gasteiger partial charge on any atom is -0.377 e. The van der Waals surface area contributed by atoms with E-state index in [9.17, 15) is 9.59 Å². The van der Waals surface area contributed by atoms with Gasteiger partial charge in [0.15, 0.2) is 0 Å². The molecule has 2 heterocycles.